The summed E-state index contributed by atoms with van der Waals surface area (Å²) in [6, 6.07) is 29.9. The Balaban J connectivity index is 1.35. The third-order valence-corrected chi connectivity index (χ3v) is 8.96. The van der Waals surface area contributed by atoms with Crippen molar-refractivity contribution in [3.63, 3.8) is 0 Å². The van der Waals surface area contributed by atoms with Crippen molar-refractivity contribution in [3.8, 4) is 11.5 Å². The summed E-state index contributed by atoms with van der Waals surface area (Å²) >= 11 is 0. The monoisotopic (exact) mass is 637 g/mol. The second kappa shape index (κ2) is 15.0. The number of urea groups is 1. The summed E-state index contributed by atoms with van der Waals surface area (Å²) in [5.74, 6) is 1.36. The molecule has 0 bridgehead atoms. The summed E-state index contributed by atoms with van der Waals surface area (Å²) in [5, 5.41) is 15.4. The summed E-state index contributed by atoms with van der Waals surface area (Å²) in [4.78, 5) is 14.7. The van der Waals surface area contributed by atoms with Crippen LogP contribution in [-0.4, -0.2) is 56.0 Å². The van der Waals surface area contributed by atoms with Gasteiger partial charge in [-0.1, -0.05) is 66.7 Å². The van der Waals surface area contributed by atoms with Crippen LogP contribution in [0, 0.1) is 0 Å². The third kappa shape index (κ3) is 7.44. The van der Waals surface area contributed by atoms with E-state index in [1.165, 1.54) is 11.1 Å². The zero-order valence-electron chi connectivity index (χ0n) is 27.1. The minimum absolute atomic E-state index is 0.0270. The molecule has 3 N–H and O–H groups in total. The molecule has 6 rings (SSSR count). The molecule has 4 atom stereocenters. The molecular weight excluding hydrogens is 594 g/mol. The summed E-state index contributed by atoms with van der Waals surface area (Å²) in [6.45, 7) is 4.68. The molecule has 9 nitrogen and oxygen atoms in total. The number of carbonyl (C=O) groups is 1. The average Bonchev–Trinajstić information content (AvgIpc) is 3.11. The average molecular weight is 638 g/mol. The molecule has 2 aliphatic heterocycles. The molecule has 4 aromatic carbocycles. The molecule has 0 spiro atoms. The van der Waals surface area contributed by atoms with E-state index in [1.807, 2.05) is 61.5 Å². The van der Waals surface area contributed by atoms with Crippen molar-refractivity contribution < 1.29 is 28.8 Å². The fourth-order valence-electron chi connectivity index (χ4n) is 6.62. The number of ether oxygens (including phenoxy) is 4. The molecule has 0 aromatic heterocycles. The van der Waals surface area contributed by atoms with Gasteiger partial charge in [0.05, 0.1) is 33.0 Å². The zero-order valence-corrected chi connectivity index (χ0v) is 27.1. The van der Waals surface area contributed by atoms with E-state index in [4.69, 9.17) is 18.9 Å². The van der Waals surface area contributed by atoms with E-state index in [9.17, 15) is 9.90 Å². The lowest BCUT2D eigenvalue weighted by Crippen LogP contribution is -2.45. The number of aliphatic hydroxyl groups excluding tert-OH is 1. The number of nitrogens with zero attached hydrogens (tertiary/aromatic N) is 1. The maximum absolute atomic E-state index is 12.3. The van der Waals surface area contributed by atoms with Crippen LogP contribution in [0.5, 0.6) is 11.5 Å². The number of carbonyl (C=O) groups excluding carboxylic acids is 1. The molecule has 1 saturated heterocycles. The second-order valence-corrected chi connectivity index (χ2v) is 12.0. The highest BCUT2D eigenvalue weighted by atomic mass is 16.7. The molecule has 0 saturated carbocycles. The van der Waals surface area contributed by atoms with Gasteiger partial charge in [-0.25, -0.2) is 4.79 Å². The van der Waals surface area contributed by atoms with Crippen LogP contribution < -0.4 is 20.1 Å². The van der Waals surface area contributed by atoms with Gasteiger partial charge in [0, 0.05) is 43.3 Å². The number of fused-ring (bicyclic) bond motifs is 1. The van der Waals surface area contributed by atoms with Crippen molar-refractivity contribution >= 4 is 11.7 Å². The predicted molar refractivity (Wildman–Crippen MR) is 181 cm³/mol. The van der Waals surface area contributed by atoms with Gasteiger partial charge in [0.2, 0.25) is 0 Å². The zero-order chi connectivity index (χ0) is 32.8. The van der Waals surface area contributed by atoms with E-state index < -0.39 is 6.29 Å². The molecule has 2 amide bonds. The van der Waals surface area contributed by atoms with Crippen molar-refractivity contribution in [2.24, 2.45) is 0 Å². The maximum atomic E-state index is 12.3. The van der Waals surface area contributed by atoms with E-state index in [0.717, 1.165) is 53.3 Å². The molecule has 4 aromatic rings. The van der Waals surface area contributed by atoms with E-state index >= 15 is 0 Å². The second-order valence-electron chi connectivity index (χ2n) is 12.0. The normalized spacial score (nSPS) is 21.0. The van der Waals surface area contributed by atoms with Crippen LogP contribution in [0.15, 0.2) is 91.0 Å². The van der Waals surface area contributed by atoms with Crippen LogP contribution in [0.3, 0.4) is 0 Å². The maximum Gasteiger partial charge on any atom is 0.319 e. The van der Waals surface area contributed by atoms with Gasteiger partial charge in [-0.15, -0.1) is 0 Å². The smallest absolute Gasteiger partial charge is 0.319 e. The Morgan fingerprint density at radius 2 is 1.60 bits per heavy atom. The first kappa shape index (κ1) is 32.5. The highest BCUT2D eigenvalue weighted by molar-refractivity contribution is 5.89. The van der Waals surface area contributed by atoms with Crippen molar-refractivity contribution in [2.75, 3.05) is 39.2 Å². The Morgan fingerprint density at radius 3 is 2.30 bits per heavy atom. The summed E-state index contributed by atoms with van der Waals surface area (Å²) in [6.07, 6.45) is -0.367. The number of methoxy groups -OCH3 is 2. The van der Waals surface area contributed by atoms with Gasteiger partial charge in [0.15, 0.2) is 17.8 Å². The molecule has 47 heavy (non-hydrogen) atoms. The fourth-order valence-corrected chi connectivity index (χ4v) is 6.62. The van der Waals surface area contributed by atoms with Gasteiger partial charge >= 0.3 is 6.03 Å². The minimum atomic E-state index is -0.681. The summed E-state index contributed by atoms with van der Waals surface area (Å²) < 4.78 is 25.0. The number of rotatable bonds is 10. The number of amides is 2. The molecule has 9 heteroatoms. The Bertz CT molecular complexity index is 1650. The van der Waals surface area contributed by atoms with Gasteiger partial charge in [0.1, 0.15) is 0 Å². The van der Waals surface area contributed by atoms with Gasteiger partial charge in [-0.05, 0) is 65.4 Å². The standard InChI is InChI=1S/C38H43N3O6/c1-4-39-38(43)40-31-12-8-11-29(19-31)37-46-34(23-41-18-17-28-20-32(44-2)33(45-3)21-30(28)22-41)35(26-9-6-5-7-10-26)36(47-37)27-15-13-25(24-42)14-16-27/h5-16,19-21,34-37,42H,4,17-18,22-24H2,1-3H3,(H2,39,40,43)/t34-,35-,36+,37?/m1/s1. The summed E-state index contributed by atoms with van der Waals surface area (Å²) in [7, 11) is 3.33. The van der Waals surface area contributed by atoms with Crippen LogP contribution in [-0.2, 0) is 29.0 Å². The van der Waals surface area contributed by atoms with E-state index in [1.54, 1.807) is 14.2 Å². The number of benzene rings is 4. The number of aliphatic hydroxyl groups is 1. The predicted octanol–water partition coefficient (Wildman–Crippen LogP) is 6.33. The first-order valence-corrected chi connectivity index (χ1v) is 16.2. The molecule has 0 radical (unpaired) electrons. The first-order valence-electron chi connectivity index (χ1n) is 16.2. The molecule has 246 valence electrons. The van der Waals surface area contributed by atoms with Gasteiger partial charge in [-0.2, -0.15) is 0 Å². The number of anilines is 1. The van der Waals surface area contributed by atoms with Crippen LogP contribution >= 0.6 is 0 Å². The van der Waals surface area contributed by atoms with Gasteiger partial charge in [-0.3, -0.25) is 4.90 Å². The Morgan fingerprint density at radius 1 is 0.872 bits per heavy atom. The first-order chi connectivity index (χ1) is 23.0. The quantitative estimate of drug-likeness (QED) is 0.187. The summed E-state index contributed by atoms with van der Waals surface area (Å²) in [5.41, 5.74) is 6.93. The van der Waals surface area contributed by atoms with Gasteiger partial charge < -0.3 is 34.7 Å². The van der Waals surface area contributed by atoms with Crippen LogP contribution in [0.25, 0.3) is 0 Å². The van der Waals surface area contributed by atoms with Crippen molar-refractivity contribution in [1.29, 1.82) is 0 Å². The Hall–Kier alpha value is -4.41. The van der Waals surface area contributed by atoms with E-state index in [2.05, 4.69) is 51.9 Å². The molecule has 2 heterocycles. The molecule has 1 fully saturated rings. The number of hydrogen-bond donors (Lipinski definition) is 3. The largest absolute Gasteiger partial charge is 0.493 e. The molecule has 2 aliphatic rings. The van der Waals surface area contributed by atoms with Gasteiger partial charge in [0.25, 0.3) is 0 Å². The van der Waals surface area contributed by atoms with Crippen molar-refractivity contribution in [1.82, 2.24) is 10.2 Å². The lowest BCUT2D eigenvalue weighted by Gasteiger charge is -2.45. The van der Waals surface area contributed by atoms with Crippen LogP contribution in [0.4, 0.5) is 10.5 Å². The minimum Gasteiger partial charge on any atom is -0.493 e. The Kier molecular flexibility index (Phi) is 10.4. The highest BCUT2D eigenvalue weighted by Crippen LogP contribution is 2.47. The number of nitrogens with one attached hydrogen (secondary N) is 2. The lowest BCUT2D eigenvalue weighted by molar-refractivity contribution is -0.263. The molecule has 0 aliphatic carbocycles. The van der Waals surface area contributed by atoms with Crippen molar-refractivity contribution in [2.45, 2.75) is 50.9 Å². The Labute approximate surface area is 276 Å². The van der Waals surface area contributed by atoms with E-state index in [0.29, 0.717) is 18.8 Å². The lowest BCUT2D eigenvalue weighted by atomic mass is 9.82. The number of hydrogen-bond acceptors (Lipinski definition) is 7. The van der Waals surface area contributed by atoms with Crippen LogP contribution in [0.1, 0.15) is 58.6 Å². The topological polar surface area (TPSA) is 102 Å². The van der Waals surface area contributed by atoms with Crippen LogP contribution in [0.2, 0.25) is 0 Å². The molecular formula is C38H43N3O6. The highest BCUT2D eigenvalue weighted by Gasteiger charge is 2.43. The van der Waals surface area contributed by atoms with Crippen molar-refractivity contribution in [3.05, 3.63) is 124 Å². The SMILES string of the molecule is CCNC(=O)Nc1cccc(C2O[C@H](CN3CCc4cc(OC)c(OC)cc4C3)[C@@H](c3ccccc3)[C@H](c3ccc(CO)cc3)O2)c1. The fraction of sp³-hybridized carbons (Fsp3) is 0.342. The molecule has 1 unspecified atom stereocenters. The van der Waals surface area contributed by atoms with E-state index in [-0.39, 0.29) is 30.8 Å². The third-order valence-electron chi connectivity index (χ3n) is 8.96.